The lowest BCUT2D eigenvalue weighted by atomic mass is 10.0. The van der Waals surface area contributed by atoms with E-state index < -0.39 is 0 Å². The molecule has 0 unspecified atom stereocenters. The largest absolute Gasteiger partial charge is 0.506 e. The van der Waals surface area contributed by atoms with Crippen LogP contribution in [-0.2, 0) is 6.54 Å². The first-order chi connectivity index (χ1) is 10.1. The third-order valence-corrected chi connectivity index (χ3v) is 3.61. The number of pyridine rings is 1. The number of nitrogens with zero attached hydrogens (tertiary/aromatic N) is 2. The molecule has 1 atom stereocenters. The third kappa shape index (κ3) is 4.03. The fourth-order valence-corrected chi connectivity index (χ4v) is 2.50. The molecule has 0 aliphatic heterocycles. The lowest BCUT2D eigenvalue weighted by Gasteiger charge is -2.28. The summed E-state index contributed by atoms with van der Waals surface area (Å²) in [7, 11) is 1.98. The number of aryl methyl sites for hydroxylation is 1. The SMILES string of the molecule is Cc1ccc(O)c(CN(C)[C@H](CCO)c2ccccc2)n1. The summed E-state index contributed by atoms with van der Waals surface area (Å²) in [4.78, 5) is 6.50. The molecule has 2 N–H and O–H groups in total. The van der Waals surface area contributed by atoms with Gasteiger partial charge in [0.1, 0.15) is 5.75 Å². The Hall–Kier alpha value is -1.91. The zero-order valence-corrected chi connectivity index (χ0v) is 12.5. The minimum absolute atomic E-state index is 0.0953. The lowest BCUT2D eigenvalue weighted by molar-refractivity contribution is 0.177. The third-order valence-electron chi connectivity index (χ3n) is 3.61. The van der Waals surface area contributed by atoms with Gasteiger partial charge in [-0.1, -0.05) is 30.3 Å². The average molecular weight is 286 g/mol. The van der Waals surface area contributed by atoms with Crippen molar-refractivity contribution >= 4 is 0 Å². The van der Waals surface area contributed by atoms with Gasteiger partial charge in [-0.2, -0.15) is 0 Å². The monoisotopic (exact) mass is 286 g/mol. The molecule has 21 heavy (non-hydrogen) atoms. The molecule has 2 aromatic rings. The number of hydrogen-bond donors (Lipinski definition) is 2. The second-order valence-electron chi connectivity index (χ2n) is 5.27. The summed E-state index contributed by atoms with van der Waals surface area (Å²) in [5.41, 5.74) is 2.70. The maximum Gasteiger partial charge on any atom is 0.138 e. The van der Waals surface area contributed by atoms with E-state index in [0.29, 0.717) is 18.7 Å². The Morgan fingerprint density at radius 3 is 2.52 bits per heavy atom. The zero-order chi connectivity index (χ0) is 15.2. The molecule has 0 aliphatic carbocycles. The second kappa shape index (κ2) is 7.20. The molecule has 0 saturated carbocycles. The average Bonchev–Trinajstić information content (AvgIpc) is 2.49. The normalized spacial score (nSPS) is 12.6. The van der Waals surface area contributed by atoms with Gasteiger partial charge in [-0.15, -0.1) is 0 Å². The van der Waals surface area contributed by atoms with E-state index in [4.69, 9.17) is 0 Å². The predicted octanol–water partition coefficient (Wildman–Crippen LogP) is 2.65. The molecule has 0 fully saturated rings. The number of aliphatic hydroxyl groups is 1. The van der Waals surface area contributed by atoms with Crippen molar-refractivity contribution in [3.8, 4) is 5.75 Å². The first-order valence-corrected chi connectivity index (χ1v) is 7.13. The molecule has 1 aromatic heterocycles. The fraction of sp³-hybridized carbons (Fsp3) is 0.353. The number of hydrogen-bond acceptors (Lipinski definition) is 4. The molecule has 0 spiro atoms. The van der Waals surface area contributed by atoms with E-state index in [1.54, 1.807) is 12.1 Å². The Bertz CT molecular complexity index is 572. The Morgan fingerprint density at radius 1 is 1.14 bits per heavy atom. The fourth-order valence-electron chi connectivity index (χ4n) is 2.50. The van der Waals surface area contributed by atoms with Gasteiger partial charge in [0.2, 0.25) is 0 Å². The number of aromatic hydroxyl groups is 1. The van der Waals surface area contributed by atoms with Gasteiger partial charge in [-0.25, -0.2) is 0 Å². The van der Waals surface area contributed by atoms with Crippen LogP contribution in [0.25, 0.3) is 0 Å². The molecule has 0 amide bonds. The summed E-state index contributed by atoms with van der Waals surface area (Å²) < 4.78 is 0. The molecule has 4 heteroatoms. The van der Waals surface area contributed by atoms with Crippen LogP contribution in [0.2, 0.25) is 0 Å². The van der Waals surface area contributed by atoms with Crippen molar-refractivity contribution < 1.29 is 10.2 Å². The van der Waals surface area contributed by atoms with Gasteiger partial charge in [0, 0.05) is 24.9 Å². The zero-order valence-electron chi connectivity index (χ0n) is 12.5. The molecule has 0 bridgehead atoms. The van der Waals surface area contributed by atoms with Gasteiger partial charge in [0.05, 0.1) is 5.69 Å². The molecule has 0 aliphatic rings. The van der Waals surface area contributed by atoms with Gasteiger partial charge in [-0.05, 0) is 38.1 Å². The van der Waals surface area contributed by atoms with Crippen molar-refractivity contribution in [2.45, 2.75) is 25.9 Å². The molecular formula is C17H22N2O2. The van der Waals surface area contributed by atoms with E-state index in [0.717, 1.165) is 11.3 Å². The molecule has 4 nitrogen and oxygen atoms in total. The number of aliphatic hydroxyl groups excluding tert-OH is 1. The Kier molecular flexibility index (Phi) is 5.31. The topological polar surface area (TPSA) is 56.6 Å². The molecule has 1 heterocycles. The number of rotatable bonds is 6. The quantitative estimate of drug-likeness (QED) is 0.857. The lowest BCUT2D eigenvalue weighted by Crippen LogP contribution is -2.25. The summed E-state index contributed by atoms with van der Waals surface area (Å²) in [5, 5.41) is 19.2. The molecule has 112 valence electrons. The summed E-state index contributed by atoms with van der Waals surface area (Å²) in [6.45, 7) is 2.57. The highest BCUT2D eigenvalue weighted by molar-refractivity contribution is 5.28. The van der Waals surface area contributed by atoms with Gasteiger partial charge < -0.3 is 10.2 Å². The maximum atomic E-state index is 9.93. The maximum absolute atomic E-state index is 9.93. The summed E-state index contributed by atoms with van der Waals surface area (Å²) in [6, 6.07) is 13.6. The van der Waals surface area contributed by atoms with E-state index in [1.807, 2.05) is 32.2 Å². The van der Waals surface area contributed by atoms with Crippen molar-refractivity contribution in [2.75, 3.05) is 13.7 Å². The van der Waals surface area contributed by atoms with E-state index in [1.165, 1.54) is 0 Å². The highest BCUT2D eigenvalue weighted by Crippen LogP contribution is 2.26. The Morgan fingerprint density at radius 2 is 1.86 bits per heavy atom. The highest BCUT2D eigenvalue weighted by Gasteiger charge is 2.18. The molecule has 0 radical (unpaired) electrons. The van der Waals surface area contributed by atoms with Crippen LogP contribution in [0.5, 0.6) is 5.75 Å². The molecule has 2 rings (SSSR count). The van der Waals surface area contributed by atoms with Crippen molar-refractivity contribution in [1.82, 2.24) is 9.88 Å². The first-order valence-electron chi connectivity index (χ1n) is 7.13. The van der Waals surface area contributed by atoms with Crippen molar-refractivity contribution in [1.29, 1.82) is 0 Å². The Balaban J connectivity index is 2.19. The van der Waals surface area contributed by atoms with Gasteiger partial charge in [0.25, 0.3) is 0 Å². The molecule has 0 saturated heterocycles. The van der Waals surface area contributed by atoms with Crippen LogP contribution in [0.3, 0.4) is 0 Å². The van der Waals surface area contributed by atoms with Crippen molar-refractivity contribution in [2.24, 2.45) is 0 Å². The van der Waals surface area contributed by atoms with Gasteiger partial charge in [-0.3, -0.25) is 9.88 Å². The highest BCUT2D eigenvalue weighted by atomic mass is 16.3. The van der Waals surface area contributed by atoms with Crippen LogP contribution in [0.15, 0.2) is 42.5 Å². The van der Waals surface area contributed by atoms with E-state index >= 15 is 0 Å². The summed E-state index contributed by atoms with van der Waals surface area (Å²) in [6.07, 6.45) is 0.646. The smallest absolute Gasteiger partial charge is 0.138 e. The molecule has 1 aromatic carbocycles. The van der Waals surface area contributed by atoms with Crippen LogP contribution in [0.4, 0.5) is 0 Å². The minimum Gasteiger partial charge on any atom is -0.506 e. The van der Waals surface area contributed by atoms with E-state index in [9.17, 15) is 10.2 Å². The van der Waals surface area contributed by atoms with Crippen LogP contribution < -0.4 is 0 Å². The summed E-state index contributed by atoms with van der Waals surface area (Å²) in [5.74, 6) is 0.211. The van der Waals surface area contributed by atoms with Gasteiger partial charge in [0.15, 0.2) is 0 Å². The van der Waals surface area contributed by atoms with Crippen LogP contribution >= 0.6 is 0 Å². The summed E-state index contributed by atoms with van der Waals surface area (Å²) >= 11 is 0. The second-order valence-corrected chi connectivity index (χ2v) is 5.27. The first kappa shape index (κ1) is 15.5. The van der Waals surface area contributed by atoms with Crippen LogP contribution in [0.1, 0.15) is 29.4 Å². The standard InChI is InChI=1S/C17H22N2O2/c1-13-8-9-17(21)15(18-13)12-19(2)16(10-11-20)14-6-4-3-5-7-14/h3-9,16,20-21H,10-12H2,1-2H3/t16-/m1/s1. The Labute approximate surface area is 125 Å². The number of benzene rings is 1. The van der Waals surface area contributed by atoms with Crippen molar-refractivity contribution in [3.63, 3.8) is 0 Å². The number of aromatic nitrogens is 1. The van der Waals surface area contributed by atoms with Crippen LogP contribution in [-0.4, -0.2) is 33.8 Å². The van der Waals surface area contributed by atoms with Crippen molar-refractivity contribution in [3.05, 3.63) is 59.4 Å². The van der Waals surface area contributed by atoms with E-state index in [2.05, 4.69) is 22.0 Å². The predicted molar refractivity (Wildman–Crippen MR) is 83.0 cm³/mol. The minimum atomic E-state index is 0.0953. The van der Waals surface area contributed by atoms with Crippen LogP contribution in [0, 0.1) is 6.92 Å². The van der Waals surface area contributed by atoms with Gasteiger partial charge >= 0.3 is 0 Å². The van der Waals surface area contributed by atoms with E-state index in [-0.39, 0.29) is 18.4 Å². The molecular weight excluding hydrogens is 264 g/mol.